The largest absolute Gasteiger partial charge is 0.488 e. The number of hydrogen-bond donors (Lipinski definition) is 1. The highest BCUT2D eigenvalue weighted by Crippen LogP contribution is 2.35. The van der Waals surface area contributed by atoms with Gasteiger partial charge in [0.25, 0.3) is 11.1 Å². The first-order valence-corrected chi connectivity index (χ1v) is 13.9. The van der Waals surface area contributed by atoms with E-state index in [-0.39, 0.29) is 11.4 Å². The zero-order valence-corrected chi connectivity index (χ0v) is 23.6. The van der Waals surface area contributed by atoms with E-state index in [2.05, 4.69) is 40.0 Å². The van der Waals surface area contributed by atoms with Crippen molar-refractivity contribution >= 4 is 62.2 Å². The molecule has 38 heavy (non-hydrogen) atoms. The minimum atomic E-state index is -0.510. The first-order valence-electron chi connectivity index (χ1n) is 12.2. The quantitative estimate of drug-likeness (QED) is 0.268. The maximum absolute atomic E-state index is 13.1. The summed E-state index contributed by atoms with van der Waals surface area (Å²) >= 11 is 4.19. The Morgan fingerprint density at radius 3 is 2.45 bits per heavy atom. The fraction of sp³-hybridized carbons (Fsp3) is 0.207. The van der Waals surface area contributed by atoms with Crippen LogP contribution in [0.3, 0.4) is 0 Å². The molecule has 0 aromatic heterocycles. The second kappa shape index (κ2) is 12.8. The second-order valence-electron chi connectivity index (χ2n) is 8.46. The van der Waals surface area contributed by atoms with Gasteiger partial charge in [-0.15, -0.1) is 0 Å². The number of carbonyl (C=O) groups is 3. The van der Waals surface area contributed by atoms with Gasteiger partial charge in [-0.05, 0) is 77.4 Å². The van der Waals surface area contributed by atoms with E-state index >= 15 is 0 Å². The SMILES string of the molecule is CCN(CC)c1ccc(/C=C2/SC(=O)N(CC(=O)Nc3ccccc3Br)C2=O)c(OCc2ccccc2)c1. The Labute approximate surface area is 235 Å². The normalized spacial score (nSPS) is 14.2. The summed E-state index contributed by atoms with van der Waals surface area (Å²) in [4.78, 5) is 41.7. The highest BCUT2D eigenvalue weighted by Gasteiger charge is 2.36. The van der Waals surface area contributed by atoms with Crippen molar-refractivity contribution in [2.45, 2.75) is 20.5 Å². The molecule has 3 aromatic carbocycles. The number of benzene rings is 3. The Hall–Kier alpha value is -3.56. The van der Waals surface area contributed by atoms with Crippen LogP contribution in [0, 0.1) is 0 Å². The monoisotopic (exact) mass is 593 g/mol. The Morgan fingerprint density at radius 2 is 1.74 bits per heavy atom. The van der Waals surface area contributed by atoms with E-state index in [0.717, 1.165) is 41.0 Å². The van der Waals surface area contributed by atoms with Crippen molar-refractivity contribution in [3.63, 3.8) is 0 Å². The van der Waals surface area contributed by atoms with Gasteiger partial charge in [0.2, 0.25) is 5.91 Å². The van der Waals surface area contributed by atoms with Gasteiger partial charge in [0.15, 0.2) is 0 Å². The zero-order chi connectivity index (χ0) is 27.1. The van der Waals surface area contributed by atoms with Gasteiger partial charge in [-0.3, -0.25) is 19.3 Å². The molecular formula is C29H28BrN3O4S. The van der Waals surface area contributed by atoms with Crippen LogP contribution in [0.4, 0.5) is 16.2 Å². The summed E-state index contributed by atoms with van der Waals surface area (Å²) in [5, 5.41) is 2.24. The number of imide groups is 1. The number of hydrogen-bond acceptors (Lipinski definition) is 6. The molecular weight excluding hydrogens is 566 g/mol. The molecule has 9 heteroatoms. The van der Waals surface area contributed by atoms with Crippen molar-refractivity contribution in [1.29, 1.82) is 0 Å². The van der Waals surface area contributed by atoms with E-state index in [1.165, 1.54) is 0 Å². The molecule has 1 saturated heterocycles. The number of nitrogens with one attached hydrogen (secondary N) is 1. The average Bonchev–Trinajstić information content (AvgIpc) is 3.18. The van der Waals surface area contributed by atoms with E-state index in [4.69, 9.17) is 4.74 Å². The minimum Gasteiger partial charge on any atom is -0.488 e. The maximum Gasteiger partial charge on any atom is 0.294 e. The van der Waals surface area contributed by atoms with E-state index in [1.54, 1.807) is 24.3 Å². The lowest BCUT2D eigenvalue weighted by atomic mass is 10.1. The van der Waals surface area contributed by atoms with E-state index in [9.17, 15) is 14.4 Å². The molecule has 196 valence electrons. The van der Waals surface area contributed by atoms with E-state index < -0.39 is 17.1 Å². The van der Waals surface area contributed by atoms with E-state index in [1.807, 2.05) is 54.6 Å². The molecule has 1 N–H and O–H groups in total. The summed E-state index contributed by atoms with van der Waals surface area (Å²) in [5.74, 6) is -0.364. The summed E-state index contributed by atoms with van der Waals surface area (Å²) in [6.45, 7) is 5.85. The molecule has 1 aliphatic rings. The number of para-hydroxylation sites is 1. The fourth-order valence-corrected chi connectivity index (χ4v) is 5.17. The molecule has 0 spiro atoms. The van der Waals surface area contributed by atoms with Crippen molar-refractivity contribution in [3.05, 3.63) is 93.3 Å². The summed E-state index contributed by atoms with van der Waals surface area (Å²) in [6.07, 6.45) is 1.66. The number of carbonyl (C=O) groups excluding carboxylic acids is 3. The molecule has 3 amide bonds. The Bertz CT molecular complexity index is 1360. The van der Waals surface area contributed by atoms with Gasteiger partial charge in [0, 0.05) is 34.9 Å². The van der Waals surface area contributed by atoms with Gasteiger partial charge in [0.05, 0.1) is 10.6 Å². The van der Waals surface area contributed by atoms with Gasteiger partial charge in [-0.25, -0.2) is 0 Å². The summed E-state index contributed by atoms with van der Waals surface area (Å²) in [7, 11) is 0. The van der Waals surface area contributed by atoms with Crippen LogP contribution in [0.15, 0.2) is 82.2 Å². The third kappa shape index (κ3) is 6.65. The Kier molecular flexibility index (Phi) is 9.25. The first-order chi connectivity index (χ1) is 18.4. The van der Waals surface area contributed by atoms with Gasteiger partial charge in [-0.2, -0.15) is 0 Å². The van der Waals surface area contributed by atoms with Gasteiger partial charge < -0.3 is 15.0 Å². The molecule has 0 radical (unpaired) electrons. The molecule has 3 aromatic rings. The molecule has 1 aliphatic heterocycles. The zero-order valence-electron chi connectivity index (χ0n) is 21.1. The molecule has 4 rings (SSSR count). The molecule has 7 nitrogen and oxygen atoms in total. The highest BCUT2D eigenvalue weighted by atomic mass is 79.9. The molecule has 0 aliphatic carbocycles. The molecule has 1 fully saturated rings. The topological polar surface area (TPSA) is 79.0 Å². The van der Waals surface area contributed by atoms with Crippen molar-refractivity contribution < 1.29 is 19.1 Å². The highest BCUT2D eigenvalue weighted by molar-refractivity contribution is 9.10. The average molecular weight is 595 g/mol. The lowest BCUT2D eigenvalue weighted by Gasteiger charge is -2.22. The van der Waals surface area contributed by atoms with Crippen LogP contribution in [-0.2, 0) is 16.2 Å². The standard InChI is InChI=1S/C29H28BrN3O4S/c1-3-32(4-2)22-15-14-21(25(17-22)37-19-20-10-6-5-7-11-20)16-26-28(35)33(29(36)38-26)18-27(34)31-24-13-9-8-12-23(24)30/h5-17H,3-4,18-19H2,1-2H3,(H,31,34)/b26-16+. The van der Waals surface area contributed by atoms with Crippen molar-refractivity contribution in [2.75, 3.05) is 29.9 Å². The summed E-state index contributed by atoms with van der Waals surface area (Å²) in [6, 6.07) is 22.8. The van der Waals surface area contributed by atoms with Crippen LogP contribution in [0.2, 0.25) is 0 Å². The predicted molar refractivity (Wildman–Crippen MR) is 156 cm³/mol. The van der Waals surface area contributed by atoms with Crippen LogP contribution < -0.4 is 15.0 Å². The lowest BCUT2D eigenvalue weighted by Crippen LogP contribution is -2.36. The van der Waals surface area contributed by atoms with Crippen LogP contribution >= 0.6 is 27.7 Å². The van der Waals surface area contributed by atoms with Crippen molar-refractivity contribution in [2.24, 2.45) is 0 Å². The number of amides is 3. The smallest absolute Gasteiger partial charge is 0.294 e. The number of nitrogens with zero attached hydrogens (tertiary/aromatic N) is 2. The molecule has 0 atom stereocenters. The molecule has 1 heterocycles. The predicted octanol–water partition coefficient (Wildman–Crippen LogP) is 6.55. The first kappa shape index (κ1) is 27.5. The minimum absolute atomic E-state index is 0.240. The van der Waals surface area contributed by atoms with Gasteiger partial charge >= 0.3 is 0 Å². The molecule has 0 bridgehead atoms. The number of rotatable bonds is 10. The van der Waals surface area contributed by atoms with Crippen LogP contribution in [-0.4, -0.2) is 41.6 Å². The summed E-state index contributed by atoms with van der Waals surface area (Å²) in [5.41, 5.74) is 3.27. The van der Waals surface area contributed by atoms with Gasteiger partial charge in [-0.1, -0.05) is 42.5 Å². The Balaban J connectivity index is 1.55. The molecule has 0 unspecified atom stereocenters. The number of halogens is 1. The van der Waals surface area contributed by atoms with Crippen LogP contribution in [0.5, 0.6) is 5.75 Å². The third-order valence-corrected chi connectivity index (χ3v) is 7.57. The third-order valence-electron chi connectivity index (χ3n) is 5.97. The lowest BCUT2D eigenvalue weighted by molar-refractivity contribution is -0.127. The van der Waals surface area contributed by atoms with Crippen molar-refractivity contribution in [1.82, 2.24) is 4.90 Å². The Morgan fingerprint density at radius 1 is 1.03 bits per heavy atom. The van der Waals surface area contributed by atoms with Crippen molar-refractivity contribution in [3.8, 4) is 5.75 Å². The molecule has 0 saturated carbocycles. The summed E-state index contributed by atoms with van der Waals surface area (Å²) < 4.78 is 6.89. The van der Waals surface area contributed by atoms with Gasteiger partial charge in [0.1, 0.15) is 18.9 Å². The second-order valence-corrected chi connectivity index (χ2v) is 10.3. The number of thioether (sulfide) groups is 1. The fourth-order valence-electron chi connectivity index (χ4n) is 3.96. The van der Waals surface area contributed by atoms with Crippen LogP contribution in [0.25, 0.3) is 6.08 Å². The van der Waals surface area contributed by atoms with Crippen LogP contribution in [0.1, 0.15) is 25.0 Å². The van der Waals surface area contributed by atoms with E-state index in [0.29, 0.717) is 28.1 Å². The number of ether oxygens (including phenoxy) is 1. The number of anilines is 2. The maximum atomic E-state index is 13.1.